The maximum atomic E-state index is 13.4. The van der Waals surface area contributed by atoms with Crippen molar-refractivity contribution in [3.05, 3.63) is 69.8 Å². The van der Waals surface area contributed by atoms with E-state index in [9.17, 15) is 14.4 Å². The fraction of sp³-hybridized carbons (Fsp3) is 0.100. The van der Waals surface area contributed by atoms with Gasteiger partial charge < -0.3 is 16.4 Å². The molecule has 1 amide bonds. The number of thiophene rings is 1. The number of nitrogen functional groups attached to an aromatic ring is 1. The van der Waals surface area contributed by atoms with Crippen LogP contribution in [0.25, 0.3) is 0 Å². The molecule has 2 aromatic carbocycles. The fourth-order valence-corrected chi connectivity index (χ4v) is 3.47. The molecule has 0 spiro atoms. The number of benzene rings is 2. The van der Waals surface area contributed by atoms with E-state index >= 15 is 0 Å². The van der Waals surface area contributed by atoms with Crippen LogP contribution < -0.4 is 16.4 Å². The van der Waals surface area contributed by atoms with E-state index in [2.05, 4.69) is 10.6 Å². The second-order valence-electron chi connectivity index (χ2n) is 6.07. The maximum absolute atomic E-state index is 13.4. The number of nitrogens with two attached hydrogens (primary N) is 1. The van der Waals surface area contributed by atoms with E-state index in [-0.39, 0.29) is 16.1 Å². The summed E-state index contributed by atoms with van der Waals surface area (Å²) in [7, 11) is 0. The highest BCUT2D eigenvalue weighted by atomic mass is 32.1. The van der Waals surface area contributed by atoms with Gasteiger partial charge in [-0.25, -0.2) is 4.39 Å². The van der Waals surface area contributed by atoms with Crippen LogP contribution in [0.1, 0.15) is 26.4 Å². The zero-order chi connectivity index (χ0) is 19.6. The van der Waals surface area contributed by atoms with Crippen LogP contribution >= 0.6 is 11.3 Å². The number of amides is 1. The molecule has 27 heavy (non-hydrogen) atoms. The second kappa shape index (κ2) is 7.48. The van der Waals surface area contributed by atoms with Gasteiger partial charge in [-0.3, -0.25) is 4.79 Å². The Kier molecular flexibility index (Phi) is 5.10. The lowest BCUT2D eigenvalue weighted by Crippen LogP contribution is -2.13. The molecule has 136 valence electrons. The first-order valence-electron chi connectivity index (χ1n) is 8.12. The van der Waals surface area contributed by atoms with Crippen LogP contribution in [0.5, 0.6) is 0 Å². The number of hydrogen-bond acceptors (Lipinski definition) is 5. The van der Waals surface area contributed by atoms with E-state index < -0.39 is 11.7 Å². The van der Waals surface area contributed by atoms with Crippen molar-refractivity contribution in [3.63, 3.8) is 0 Å². The smallest absolute Gasteiger partial charge is 0.267 e. The van der Waals surface area contributed by atoms with Crippen molar-refractivity contribution in [2.75, 3.05) is 16.4 Å². The summed E-state index contributed by atoms with van der Waals surface area (Å²) < 4.78 is 13.4. The van der Waals surface area contributed by atoms with Crippen molar-refractivity contribution in [2.24, 2.45) is 0 Å². The van der Waals surface area contributed by atoms with Gasteiger partial charge in [-0.2, -0.15) is 5.26 Å². The zero-order valence-electron chi connectivity index (χ0n) is 14.8. The highest BCUT2D eigenvalue weighted by Gasteiger charge is 2.22. The molecule has 3 aromatic rings. The number of hydrogen-bond donors (Lipinski definition) is 3. The standard InChI is InChI=1S/C20H17FN4OS/c1-11-3-7-14(8-4-11)24-20-15(10-22)17(23)18(27-20)19(26)25-16-9-13(21)6-5-12(16)2/h3-9,24H,23H2,1-2H3,(H,25,26). The average molecular weight is 380 g/mol. The third-order valence-corrected chi connectivity index (χ3v) is 5.14. The number of nitrogens with one attached hydrogen (secondary N) is 2. The van der Waals surface area contributed by atoms with Crippen molar-refractivity contribution in [1.29, 1.82) is 5.26 Å². The third kappa shape index (κ3) is 3.91. The predicted molar refractivity (Wildman–Crippen MR) is 107 cm³/mol. The van der Waals surface area contributed by atoms with Gasteiger partial charge in [-0.15, -0.1) is 11.3 Å². The van der Waals surface area contributed by atoms with Crippen LogP contribution in [-0.4, -0.2) is 5.91 Å². The van der Waals surface area contributed by atoms with Crippen molar-refractivity contribution in [2.45, 2.75) is 13.8 Å². The number of rotatable bonds is 4. The quantitative estimate of drug-likeness (QED) is 0.597. The van der Waals surface area contributed by atoms with E-state index in [4.69, 9.17) is 5.73 Å². The molecule has 0 unspecified atom stereocenters. The Labute approximate surface area is 160 Å². The molecule has 4 N–H and O–H groups in total. The second-order valence-corrected chi connectivity index (χ2v) is 7.09. The van der Waals surface area contributed by atoms with Crippen molar-refractivity contribution >= 4 is 39.3 Å². The van der Waals surface area contributed by atoms with Gasteiger partial charge in [-0.05, 0) is 43.7 Å². The lowest BCUT2D eigenvalue weighted by atomic mass is 10.2. The minimum Gasteiger partial charge on any atom is -0.396 e. The average Bonchev–Trinajstić information content (AvgIpc) is 2.95. The van der Waals surface area contributed by atoms with Gasteiger partial charge in [0, 0.05) is 11.4 Å². The molecule has 0 radical (unpaired) electrons. The zero-order valence-corrected chi connectivity index (χ0v) is 15.6. The summed E-state index contributed by atoms with van der Waals surface area (Å²) in [5.41, 5.74) is 9.31. The lowest BCUT2D eigenvalue weighted by molar-refractivity contribution is 0.103. The van der Waals surface area contributed by atoms with Gasteiger partial charge in [0.15, 0.2) is 0 Å². The molecule has 1 heterocycles. The van der Waals surface area contributed by atoms with E-state index in [1.165, 1.54) is 12.1 Å². The van der Waals surface area contributed by atoms with Gasteiger partial charge in [0.2, 0.25) is 0 Å². The molecule has 0 aliphatic rings. The monoisotopic (exact) mass is 380 g/mol. The Morgan fingerprint density at radius 1 is 1.19 bits per heavy atom. The van der Waals surface area contributed by atoms with Crippen LogP contribution in [-0.2, 0) is 0 Å². The number of anilines is 4. The molecular formula is C20H17FN4OS. The highest BCUT2D eigenvalue weighted by molar-refractivity contribution is 7.19. The van der Waals surface area contributed by atoms with Crippen LogP contribution in [0.4, 0.5) is 26.5 Å². The van der Waals surface area contributed by atoms with Gasteiger partial charge in [0.1, 0.15) is 27.3 Å². The van der Waals surface area contributed by atoms with Crippen LogP contribution in [0.2, 0.25) is 0 Å². The molecule has 0 saturated heterocycles. The summed E-state index contributed by atoms with van der Waals surface area (Å²) in [5, 5.41) is 15.7. The molecule has 0 aliphatic carbocycles. The summed E-state index contributed by atoms with van der Waals surface area (Å²) in [5.74, 6) is -0.936. The minimum atomic E-state index is -0.486. The Morgan fingerprint density at radius 2 is 1.89 bits per heavy atom. The Hall–Kier alpha value is -3.37. The van der Waals surface area contributed by atoms with E-state index in [1.807, 2.05) is 37.3 Å². The summed E-state index contributed by atoms with van der Waals surface area (Å²) in [6.07, 6.45) is 0. The van der Waals surface area contributed by atoms with Gasteiger partial charge in [0.05, 0.1) is 5.69 Å². The first-order valence-corrected chi connectivity index (χ1v) is 8.94. The minimum absolute atomic E-state index is 0.101. The van der Waals surface area contributed by atoms with Crippen molar-refractivity contribution in [1.82, 2.24) is 0 Å². The molecule has 0 atom stereocenters. The third-order valence-electron chi connectivity index (χ3n) is 4.02. The normalized spacial score (nSPS) is 10.3. The molecular weight excluding hydrogens is 363 g/mol. The molecule has 0 aliphatic heterocycles. The van der Waals surface area contributed by atoms with Gasteiger partial charge in [-0.1, -0.05) is 23.8 Å². The highest BCUT2D eigenvalue weighted by Crippen LogP contribution is 2.37. The molecule has 1 aromatic heterocycles. The first kappa shape index (κ1) is 18.4. The first-order chi connectivity index (χ1) is 12.9. The predicted octanol–water partition coefficient (Wildman–Crippen LogP) is 4.95. The Balaban J connectivity index is 1.90. The molecule has 5 nitrogen and oxygen atoms in total. The van der Waals surface area contributed by atoms with Crippen LogP contribution in [0, 0.1) is 31.0 Å². The summed E-state index contributed by atoms with van der Waals surface area (Å²) in [6, 6.07) is 13.8. The molecule has 7 heteroatoms. The topological polar surface area (TPSA) is 90.9 Å². The molecule has 0 bridgehead atoms. The SMILES string of the molecule is Cc1ccc(Nc2sc(C(=O)Nc3cc(F)ccc3C)c(N)c2C#N)cc1. The molecule has 0 saturated carbocycles. The fourth-order valence-electron chi connectivity index (χ4n) is 2.49. The van der Waals surface area contributed by atoms with Crippen molar-refractivity contribution in [3.8, 4) is 6.07 Å². The maximum Gasteiger partial charge on any atom is 0.267 e. The van der Waals surface area contributed by atoms with Gasteiger partial charge >= 0.3 is 0 Å². The van der Waals surface area contributed by atoms with Crippen LogP contribution in [0.15, 0.2) is 42.5 Å². The van der Waals surface area contributed by atoms with Gasteiger partial charge in [0.25, 0.3) is 5.91 Å². The number of carbonyl (C=O) groups is 1. The number of carbonyl (C=O) groups excluding carboxylic acids is 1. The number of nitrogens with zero attached hydrogens (tertiary/aromatic N) is 1. The number of halogens is 1. The largest absolute Gasteiger partial charge is 0.396 e. The Morgan fingerprint density at radius 3 is 2.56 bits per heavy atom. The molecule has 0 fully saturated rings. The summed E-state index contributed by atoms with van der Waals surface area (Å²) >= 11 is 1.08. The van der Waals surface area contributed by atoms with Crippen molar-refractivity contribution < 1.29 is 9.18 Å². The summed E-state index contributed by atoms with van der Waals surface area (Å²) in [6.45, 7) is 3.74. The lowest BCUT2D eigenvalue weighted by Gasteiger charge is -2.07. The van der Waals surface area contributed by atoms with E-state index in [0.717, 1.165) is 28.2 Å². The summed E-state index contributed by atoms with van der Waals surface area (Å²) in [4.78, 5) is 12.8. The van der Waals surface area contributed by atoms with E-state index in [0.29, 0.717) is 10.7 Å². The van der Waals surface area contributed by atoms with Crippen LogP contribution in [0.3, 0.4) is 0 Å². The molecule has 3 rings (SSSR count). The Bertz CT molecular complexity index is 1050. The van der Waals surface area contributed by atoms with E-state index in [1.54, 1.807) is 13.0 Å². The number of aryl methyl sites for hydroxylation is 2. The number of nitriles is 1.